The lowest BCUT2D eigenvalue weighted by atomic mass is 10.3. The number of benzene rings is 2. The Morgan fingerprint density at radius 3 is 2.48 bits per heavy atom. The van der Waals surface area contributed by atoms with Crippen LogP contribution in [0.15, 0.2) is 64.9 Å². The van der Waals surface area contributed by atoms with Crippen molar-refractivity contribution in [3.63, 3.8) is 0 Å². The Morgan fingerprint density at radius 1 is 1.16 bits per heavy atom. The van der Waals surface area contributed by atoms with Crippen molar-refractivity contribution in [2.45, 2.75) is 11.8 Å². The quantitative estimate of drug-likeness (QED) is 0.578. The third-order valence-corrected chi connectivity index (χ3v) is 5.42. The van der Waals surface area contributed by atoms with Gasteiger partial charge in [0.25, 0.3) is 0 Å². The van der Waals surface area contributed by atoms with Crippen LogP contribution in [-0.2, 0) is 4.79 Å². The number of nitrogens with zero attached hydrogens (tertiary/aromatic N) is 2. The van der Waals surface area contributed by atoms with Gasteiger partial charge in [-0.05, 0) is 43.3 Å². The van der Waals surface area contributed by atoms with E-state index in [4.69, 9.17) is 4.74 Å². The number of thiazole rings is 1. The number of carbonyl (C=O) groups is 1. The fraction of sp³-hybridized carbons (Fsp3) is 0.158. The SMILES string of the molecule is COc1ccc(SCC(=O)N(c2ccccc2)c2nc(C)cs2)cc1. The summed E-state index contributed by atoms with van der Waals surface area (Å²) < 4.78 is 5.16. The highest BCUT2D eigenvalue weighted by Crippen LogP contribution is 2.30. The van der Waals surface area contributed by atoms with E-state index in [1.165, 1.54) is 23.1 Å². The standard InChI is InChI=1S/C19H18N2O2S2/c1-14-12-25-19(20-14)21(15-6-4-3-5-7-15)18(22)13-24-17-10-8-16(23-2)9-11-17/h3-12H,13H2,1-2H3. The summed E-state index contributed by atoms with van der Waals surface area (Å²) in [5, 5.41) is 2.65. The first-order chi connectivity index (χ1) is 12.2. The molecule has 0 atom stereocenters. The smallest absolute Gasteiger partial charge is 0.243 e. The summed E-state index contributed by atoms with van der Waals surface area (Å²) in [5.41, 5.74) is 1.74. The Balaban J connectivity index is 1.77. The van der Waals surface area contributed by atoms with Crippen LogP contribution >= 0.6 is 23.1 Å². The number of anilines is 2. The molecule has 0 fully saturated rings. The highest BCUT2D eigenvalue weighted by molar-refractivity contribution is 8.00. The van der Waals surface area contributed by atoms with E-state index >= 15 is 0 Å². The topological polar surface area (TPSA) is 42.4 Å². The van der Waals surface area contributed by atoms with Crippen molar-refractivity contribution in [1.29, 1.82) is 0 Å². The molecular weight excluding hydrogens is 352 g/mol. The van der Waals surface area contributed by atoms with Gasteiger partial charge in [0.05, 0.1) is 24.2 Å². The monoisotopic (exact) mass is 370 g/mol. The molecule has 25 heavy (non-hydrogen) atoms. The summed E-state index contributed by atoms with van der Waals surface area (Å²) in [5.74, 6) is 1.14. The lowest BCUT2D eigenvalue weighted by Gasteiger charge is -2.19. The van der Waals surface area contributed by atoms with Gasteiger partial charge in [-0.15, -0.1) is 23.1 Å². The first kappa shape index (κ1) is 17.5. The number of aryl methyl sites for hydroxylation is 1. The fourth-order valence-corrected chi connectivity index (χ4v) is 3.85. The Bertz CT molecular complexity index is 832. The number of hydrogen-bond acceptors (Lipinski definition) is 5. The van der Waals surface area contributed by atoms with Crippen molar-refractivity contribution >= 4 is 39.8 Å². The summed E-state index contributed by atoms with van der Waals surface area (Å²) in [6, 6.07) is 17.3. The van der Waals surface area contributed by atoms with Gasteiger partial charge in [-0.2, -0.15) is 0 Å². The van der Waals surface area contributed by atoms with Gasteiger partial charge in [-0.3, -0.25) is 9.69 Å². The van der Waals surface area contributed by atoms with E-state index in [2.05, 4.69) is 4.98 Å². The maximum absolute atomic E-state index is 12.9. The maximum Gasteiger partial charge on any atom is 0.243 e. The lowest BCUT2D eigenvalue weighted by Crippen LogP contribution is -2.27. The van der Waals surface area contributed by atoms with Crippen LogP contribution in [0.5, 0.6) is 5.75 Å². The molecular formula is C19H18N2O2S2. The molecule has 1 heterocycles. The molecule has 128 valence electrons. The van der Waals surface area contributed by atoms with Gasteiger partial charge in [0.1, 0.15) is 5.75 Å². The Labute approximate surface area is 155 Å². The van der Waals surface area contributed by atoms with E-state index in [-0.39, 0.29) is 5.91 Å². The van der Waals surface area contributed by atoms with Crippen LogP contribution in [0.2, 0.25) is 0 Å². The Morgan fingerprint density at radius 2 is 1.88 bits per heavy atom. The van der Waals surface area contributed by atoms with Gasteiger partial charge in [-0.1, -0.05) is 18.2 Å². The van der Waals surface area contributed by atoms with Crippen LogP contribution in [0, 0.1) is 6.92 Å². The molecule has 0 aliphatic heterocycles. The molecule has 0 N–H and O–H groups in total. The number of aromatic nitrogens is 1. The maximum atomic E-state index is 12.9. The van der Waals surface area contributed by atoms with Crippen molar-refractivity contribution in [1.82, 2.24) is 4.98 Å². The van der Waals surface area contributed by atoms with Crippen LogP contribution in [0.1, 0.15) is 5.69 Å². The van der Waals surface area contributed by atoms with Gasteiger partial charge < -0.3 is 4.74 Å². The number of amides is 1. The average Bonchev–Trinajstić information content (AvgIpc) is 3.07. The zero-order valence-corrected chi connectivity index (χ0v) is 15.6. The molecule has 3 aromatic rings. The largest absolute Gasteiger partial charge is 0.497 e. The molecule has 3 rings (SSSR count). The van der Waals surface area contributed by atoms with Crippen LogP contribution < -0.4 is 9.64 Å². The molecule has 1 aromatic heterocycles. The minimum Gasteiger partial charge on any atom is -0.497 e. The van der Waals surface area contributed by atoms with E-state index in [0.29, 0.717) is 10.9 Å². The summed E-state index contributed by atoms with van der Waals surface area (Å²) in [6.45, 7) is 1.93. The van der Waals surface area contributed by atoms with E-state index in [1.807, 2.05) is 66.9 Å². The third-order valence-electron chi connectivity index (χ3n) is 3.48. The zero-order chi connectivity index (χ0) is 17.6. The predicted molar refractivity (Wildman–Crippen MR) is 104 cm³/mol. The number of methoxy groups -OCH3 is 1. The van der Waals surface area contributed by atoms with E-state index in [1.54, 1.807) is 12.0 Å². The van der Waals surface area contributed by atoms with E-state index in [9.17, 15) is 4.79 Å². The summed E-state index contributed by atoms with van der Waals surface area (Å²) in [6.07, 6.45) is 0. The second-order valence-corrected chi connectivity index (χ2v) is 7.19. The normalized spacial score (nSPS) is 10.5. The molecule has 4 nitrogen and oxygen atoms in total. The molecule has 0 aliphatic carbocycles. The van der Waals surface area contributed by atoms with Gasteiger partial charge in [-0.25, -0.2) is 4.98 Å². The first-order valence-electron chi connectivity index (χ1n) is 7.74. The molecule has 0 saturated heterocycles. The van der Waals surface area contributed by atoms with Crippen LogP contribution in [0.25, 0.3) is 0 Å². The number of hydrogen-bond donors (Lipinski definition) is 0. The van der Waals surface area contributed by atoms with E-state index < -0.39 is 0 Å². The Hall–Kier alpha value is -2.31. The van der Waals surface area contributed by atoms with Crippen molar-refractivity contribution in [3.8, 4) is 5.75 Å². The molecule has 1 amide bonds. The van der Waals surface area contributed by atoms with Crippen molar-refractivity contribution in [3.05, 3.63) is 65.7 Å². The van der Waals surface area contributed by atoms with Crippen molar-refractivity contribution in [2.24, 2.45) is 0 Å². The summed E-state index contributed by atoms with van der Waals surface area (Å²) >= 11 is 2.98. The first-order valence-corrected chi connectivity index (χ1v) is 9.61. The van der Waals surface area contributed by atoms with Gasteiger partial charge >= 0.3 is 0 Å². The minimum atomic E-state index is 0.00127. The second kappa shape index (κ2) is 8.18. The van der Waals surface area contributed by atoms with Crippen LogP contribution in [0.3, 0.4) is 0 Å². The molecule has 2 aromatic carbocycles. The molecule has 0 aliphatic rings. The van der Waals surface area contributed by atoms with Crippen LogP contribution in [-0.4, -0.2) is 23.8 Å². The predicted octanol–water partition coefficient (Wildman–Crippen LogP) is 4.92. The van der Waals surface area contributed by atoms with Crippen molar-refractivity contribution in [2.75, 3.05) is 17.8 Å². The molecule has 0 spiro atoms. The molecule has 0 radical (unpaired) electrons. The second-order valence-electron chi connectivity index (χ2n) is 5.30. The number of carbonyl (C=O) groups excluding carboxylic acids is 1. The van der Waals surface area contributed by atoms with Gasteiger partial charge in [0.2, 0.25) is 5.91 Å². The number of thioether (sulfide) groups is 1. The average molecular weight is 370 g/mol. The molecule has 0 unspecified atom stereocenters. The third kappa shape index (κ3) is 4.41. The zero-order valence-electron chi connectivity index (χ0n) is 14.0. The summed E-state index contributed by atoms with van der Waals surface area (Å²) in [7, 11) is 1.64. The van der Waals surface area contributed by atoms with Crippen molar-refractivity contribution < 1.29 is 9.53 Å². The fourth-order valence-electron chi connectivity index (χ4n) is 2.26. The Kier molecular flexibility index (Phi) is 5.73. The van der Waals surface area contributed by atoms with Gasteiger partial charge in [0.15, 0.2) is 5.13 Å². The molecule has 0 bridgehead atoms. The highest BCUT2D eigenvalue weighted by Gasteiger charge is 2.20. The molecule has 6 heteroatoms. The number of ether oxygens (including phenoxy) is 1. The lowest BCUT2D eigenvalue weighted by molar-refractivity contribution is -0.115. The van der Waals surface area contributed by atoms with E-state index in [0.717, 1.165) is 22.0 Å². The number of para-hydroxylation sites is 1. The van der Waals surface area contributed by atoms with Crippen LogP contribution in [0.4, 0.5) is 10.8 Å². The van der Waals surface area contributed by atoms with Gasteiger partial charge in [0, 0.05) is 10.3 Å². The minimum absolute atomic E-state index is 0.00127. The number of rotatable bonds is 6. The highest BCUT2D eigenvalue weighted by atomic mass is 32.2. The molecule has 0 saturated carbocycles. The summed E-state index contributed by atoms with van der Waals surface area (Å²) in [4.78, 5) is 20.1.